The van der Waals surface area contributed by atoms with Crippen molar-refractivity contribution in [2.45, 2.75) is 5.41 Å². The Labute approximate surface area is 290 Å². The van der Waals surface area contributed by atoms with Gasteiger partial charge in [-0.1, -0.05) is 164 Å². The molecule has 234 valence electrons. The molecule has 4 nitrogen and oxygen atoms in total. The van der Waals surface area contributed by atoms with Gasteiger partial charge in [0.1, 0.15) is 11.5 Å². The highest BCUT2D eigenvalue weighted by Gasteiger charge is 2.51. The summed E-state index contributed by atoms with van der Waals surface area (Å²) in [7, 11) is 0. The molecular weight excluding hydrogens is 611 g/mol. The number of hydrogen-bond donors (Lipinski definition) is 0. The molecule has 0 amide bonds. The van der Waals surface area contributed by atoms with Crippen LogP contribution in [0.2, 0.25) is 0 Å². The van der Waals surface area contributed by atoms with Crippen molar-refractivity contribution in [2.24, 2.45) is 0 Å². The topological polar surface area (TPSA) is 47.9 Å². The van der Waals surface area contributed by atoms with Crippen LogP contribution in [0.25, 0.3) is 56.4 Å². The minimum Gasteiger partial charge on any atom is -0.457 e. The van der Waals surface area contributed by atoms with Gasteiger partial charge >= 0.3 is 0 Å². The zero-order valence-electron chi connectivity index (χ0n) is 27.0. The molecule has 0 radical (unpaired) electrons. The molecule has 0 bridgehead atoms. The molecule has 1 aromatic heterocycles. The van der Waals surface area contributed by atoms with Crippen molar-refractivity contribution in [3.63, 3.8) is 0 Å². The predicted octanol–water partition coefficient (Wildman–Crippen LogP) is 11.0. The quantitative estimate of drug-likeness (QED) is 0.192. The van der Waals surface area contributed by atoms with E-state index in [1.807, 2.05) is 36.4 Å². The second-order valence-corrected chi connectivity index (χ2v) is 12.7. The van der Waals surface area contributed by atoms with E-state index in [2.05, 4.69) is 140 Å². The van der Waals surface area contributed by atoms with Crippen LogP contribution in [0.15, 0.2) is 176 Å². The number of rotatable bonds is 4. The van der Waals surface area contributed by atoms with Gasteiger partial charge in [0.2, 0.25) is 0 Å². The van der Waals surface area contributed by atoms with Gasteiger partial charge in [0.25, 0.3) is 0 Å². The van der Waals surface area contributed by atoms with Crippen molar-refractivity contribution < 1.29 is 4.74 Å². The van der Waals surface area contributed by atoms with Gasteiger partial charge in [0.15, 0.2) is 17.5 Å². The molecule has 0 unspecified atom stereocenters. The van der Waals surface area contributed by atoms with Gasteiger partial charge in [-0.25, -0.2) is 15.0 Å². The van der Waals surface area contributed by atoms with Crippen molar-refractivity contribution in [1.82, 2.24) is 15.0 Å². The molecule has 1 aliphatic heterocycles. The van der Waals surface area contributed by atoms with Crippen LogP contribution >= 0.6 is 0 Å². The van der Waals surface area contributed by atoms with Crippen molar-refractivity contribution in [2.75, 3.05) is 0 Å². The van der Waals surface area contributed by atoms with Gasteiger partial charge in [-0.3, -0.25) is 0 Å². The summed E-state index contributed by atoms with van der Waals surface area (Å²) in [6.07, 6.45) is 0. The molecule has 2 aliphatic rings. The highest BCUT2D eigenvalue weighted by Crippen LogP contribution is 2.63. The molecule has 2 heterocycles. The van der Waals surface area contributed by atoms with Crippen LogP contribution < -0.4 is 4.74 Å². The standard InChI is InChI=1S/C46H29N3O/c1-3-14-30(15-4-1)31-26-28-33(29-27-31)44-47-43(32-16-5-2-6-17-32)48-45(49-44)35-19-13-23-39-42(35)34-18-7-8-20-36(34)46(39)37-21-9-11-24-40(37)50-41-25-12-10-22-38(41)46/h1-29H. The number of aromatic nitrogens is 3. The van der Waals surface area contributed by atoms with E-state index in [9.17, 15) is 0 Å². The molecule has 1 aliphatic carbocycles. The van der Waals surface area contributed by atoms with Gasteiger partial charge < -0.3 is 4.74 Å². The summed E-state index contributed by atoms with van der Waals surface area (Å²) in [5.41, 5.74) is 11.5. The van der Waals surface area contributed by atoms with Crippen LogP contribution in [0.3, 0.4) is 0 Å². The van der Waals surface area contributed by atoms with Gasteiger partial charge in [0, 0.05) is 27.8 Å². The Kier molecular flexibility index (Phi) is 6.36. The van der Waals surface area contributed by atoms with E-state index in [0.29, 0.717) is 17.5 Å². The van der Waals surface area contributed by atoms with E-state index in [1.165, 1.54) is 22.3 Å². The molecule has 50 heavy (non-hydrogen) atoms. The lowest BCUT2D eigenvalue weighted by Gasteiger charge is -2.39. The van der Waals surface area contributed by atoms with E-state index < -0.39 is 5.41 Å². The Morgan fingerprint density at radius 1 is 0.320 bits per heavy atom. The van der Waals surface area contributed by atoms with E-state index in [0.717, 1.165) is 50.4 Å². The average molecular weight is 640 g/mol. The zero-order valence-corrected chi connectivity index (χ0v) is 27.0. The van der Waals surface area contributed by atoms with E-state index in [-0.39, 0.29) is 0 Å². The van der Waals surface area contributed by atoms with Crippen LogP contribution in [-0.4, -0.2) is 15.0 Å². The number of ether oxygens (including phenoxy) is 1. The monoisotopic (exact) mass is 639 g/mol. The SMILES string of the molecule is c1ccc(-c2ccc(-c3nc(-c4ccccc4)nc(-c4cccc5c4-c4ccccc4C54c5ccccc5Oc5ccccc54)n3)cc2)cc1. The summed E-state index contributed by atoms with van der Waals surface area (Å²) < 4.78 is 6.54. The summed E-state index contributed by atoms with van der Waals surface area (Å²) in [6.45, 7) is 0. The first-order valence-electron chi connectivity index (χ1n) is 16.9. The number of nitrogens with zero attached hydrogens (tertiary/aromatic N) is 3. The predicted molar refractivity (Wildman–Crippen MR) is 199 cm³/mol. The van der Waals surface area contributed by atoms with E-state index >= 15 is 0 Å². The van der Waals surface area contributed by atoms with E-state index in [1.54, 1.807) is 0 Å². The van der Waals surface area contributed by atoms with Crippen LogP contribution in [0.5, 0.6) is 11.5 Å². The maximum Gasteiger partial charge on any atom is 0.164 e. The van der Waals surface area contributed by atoms with Crippen molar-refractivity contribution >= 4 is 0 Å². The van der Waals surface area contributed by atoms with Gasteiger partial charge in [-0.2, -0.15) is 0 Å². The second-order valence-electron chi connectivity index (χ2n) is 12.7. The number of para-hydroxylation sites is 2. The first-order valence-corrected chi connectivity index (χ1v) is 16.9. The molecule has 7 aromatic carbocycles. The molecule has 0 atom stereocenters. The minimum atomic E-state index is -0.571. The summed E-state index contributed by atoms with van der Waals surface area (Å²) in [6, 6.07) is 61.2. The normalized spacial score (nSPS) is 13.1. The molecule has 0 saturated heterocycles. The summed E-state index contributed by atoms with van der Waals surface area (Å²) >= 11 is 0. The first-order chi connectivity index (χ1) is 24.8. The molecule has 8 aromatic rings. The molecule has 4 heteroatoms. The highest BCUT2D eigenvalue weighted by atomic mass is 16.5. The zero-order chi connectivity index (χ0) is 33.1. The summed E-state index contributed by atoms with van der Waals surface area (Å²) in [5.74, 6) is 3.64. The molecule has 10 rings (SSSR count). The maximum atomic E-state index is 6.54. The fourth-order valence-electron chi connectivity index (χ4n) is 7.87. The van der Waals surface area contributed by atoms with Crippen LogP contribution in [0.1, 0.15) is 22.3 Å². The van der Waals surface area contributed by atoms with E-state index in [4.69, 9.17) is 19.7 Å². The lowest BCUT2D eigenvalue weighted by Crippen LogP contribution is -2.32. The first kappa shape index (κ1) is 28.4. The number of fused-ring (bicyclic) bond motifs is 9. The summed E-state index contributed by atoms with van der Waals surface area (Å²) in [4.78, 5) is 15.5. The fraction of sp³-hybridized carbons (Fsp3) is 0.0217. The third-order valence-electron chi connectivity index (χ3n) is 10.0. The Bertz CT molecular complexity index is 2520. The third-order valence-corrected chi connectivity index (χ3v) is 10.0. The molecule has 1 spiro atoms. The van der Waals surface area contributed by atoms with Gasteiger partial charge in [-0.05, 0) is 45.5 Å². The van der Waals surface area contributed by atoms with Crippen molar-refractivity contribution in [3.8, 4) is 67.9 Å². The minimum absolute atomic E-state index is 0.571. The van der Waals surface area contributed by atoms with Crippen molar-refractivity contribution in [3.05, 3.63) is 198 Å². The van der Waals surface area contributed by atoms with Gasteiger partial charge in [-0.15, -0.1) is 0 Å². The average Bonchev–Trinajstić information content (AvgIpc) is 3.49. The Hall–Kier alpha value is -6.65. The Balaban J connectivity index is 1.22. The van der Waals surface area contributed by atoms with Crippen LogP contribution in [-0.2, 0) is 5.41 Å². The Morgan fingerprint density at radius 2 is 0.760 bits per heavy atom. The van der Waals surface area contributed by atoms with Crippen LogP contribution in [0, 0.1) is 0 Å². The number of benzene rings is 7. The highest BCUT2D eigenvalue weighted by molar-refractivity contribution is 5.95. The number of hydrogen-bond acceptors (Lipinski definition) is 4. The lowest BCUT2D eigenvalue weighted by molar-refractivity contribution is 0.436. The molecular formula is C46H29N3O. The lowest BCUT2D eigenvalue weighted by atomic mass is 9.66. The van der Waals surface area contributed by atoms with Crippen LogP contribution in [0.4, 0.5) is 0 Å². The maximum absolute atomic E-state index is 6.54. The largest absolute Gasteiger partial charge is 0.457 e. The van der Waals surface area contributed by atoms with Gasteiger partial charge in [0.05, 0.1) is 5.41 Å². The third kappa shape index (κ3) is 4.22. The molecule has 0 saturated carbocycles. The second kappa shape index (κ2) is 11.2. The smallest absolute Gasteiger partial charge is 0.164 e. The fourth-order valence-corrected chi connectivity index (χ4v) is 7.87. The summed E-state index contributed by atoms with van der Waals surface area (Å²) in [5, 5.41) is 0. The Morgan fingerprint density at radius 3 is 1.42 bits per heavy atom. The molecule has 0 N–H and O–H groups in total. The molecule has 0 fully saturated rings. The van der Waals surface area contributed by atoms with Crippen molar-refractivity contribution in [1.29, 1.82) is 0 Å².